The van der Waals surface area contributed by atoms with Gasteiger partial charge in [-0.2, -0.15) is 5.10 Å². The molecular weight excluding hydrogens is 402 g/mol. The highest BCUT2D eigenvalue weighted by molar-refractivity contribution is 6.13. The highest BCUT2D eigenvalue weighted by atomic mass is 16.2. The Labute approximate surface area is 189 Å². The summed E-state index contributed by atoms with van der Waals surface area (Å²) in [5.74, 6) is 2.12. The Hall–Kier alpha value is -3.03. The Morgan fingerprint density at radius 2 is 2.00 bits per heavy atom. The molecule has 4 N–H and O–H groups in total. The van der Waals surface area contributed by atoms with E-state index >= 15 is 0 Å². The molecule has 0 atom stereocenters. The molecule has 172 valence electrons. The third-order valence-electron chi connectivity index (χ3n) is 6.20. The number of likely N-dealkylation sites (tertiary alicyclic amines) is 1. The van der Waals surface area contributed by atoms with Gasteiger partial charge >= 0.3 is 6.03 Å². The van der Waals surface area contributed by atoms with Crippen LogP contribution in [0.4, 0.5) is 16.4 Å². The average molecular weight is 438 g/mol. The van der Waals surface area contributed by atoms with Crippen LogP contribution in [0.2, 0.25) is 0 Å². The number of nitrogens with two attached hydrogens (primary N) is 1. The number of nitrogen functional groups attached to an aromatic ring is 1. The molecule has 8 nitrogen and oxygen atoms in total. The highest BCUT2D eigenvalue weighted by Crippen LogP contribution is 2.34. The summed E-state index contributed by atoms with van der Waals surface area (Å²) in [4.78, 5) is 18.7. The molecule has 0 saturated carbocycles. The molecule has 3 aromatic rings. The molecule has 0 bridgehead atoms. The first-order valence-corrected chi connectivity index (χ1v) is 11.8. The first-order valence-electron chi connectivity index (χ1n) is 11.8. The van der Waals surface area contributed by atoms with Gasteiger partial charge in [-0.05, 0) is 51.5 Å². The van der Waals surface area contributed by atoms with E-state index in [0.717, 1.165) is 79.5 Å². The van der Waals surface area contributed by atoms with Crippen molar-refractivity contribution in [3.05, 3.63) is 24.3 Å². The molecular formula is C24H35N7O. The molecule has 0 unspecified atom stereocenters. The zero-order chi connectivity index (χ0) is 22.7. The van der Waals surface area contributed by atoms with Gasteiger partial charge in [-0.1, -0.05) is 25.1 Å². The van der Waals surface area contributed by atoms with E-state index in [9.17, 15) is 4.79 Å². The Morgan fingerprint density at radius 3 is 2.72 bits per heavy atom. The van der Waals surface area contributed by atoms with Gasteiger partial charge in [0.15, 0.2) is 5.82 Å². The van der Waals surface area contributed by atoms with Gasteiger partial charge in [-0.25, -0.2) is 14.5 Å². The lowest BCUT2D eigenvalue weighted by atomic mass is 9.93. The number of rotatable bonds is 7. The van der Waals surface area contributed by atoms with Crippen molar-refractivity contribution >= 4 is 39.5 Å². The number of pyridine rings is 1. The van der Waals surface area contributed by atoms with E-state index in [2.05, 4.69) is 28.6 Å². The second-order valence-electron chi connectivity index (χ2n) is 9.06. The molecule has 0 radical (unpaired) electrons. The number of fused-ring (bicyclic) bond motifs is 3. The van der Waals surface area contributed by atoms with Crippen LogP contribution >= 0.6 is 0 Å². The van der Waals surface area contributed by atoms with Crippen LogP contribution in [0.15, 0.2) is 24.3 Å². The van der Waals surface area contributed by atoms with Gasteiger partial charge < -0.3 is 21.3 Å². The van der Waals surface area contributed by atoms with Crippen molar-refractivity contribution in [2.45, 2.75) is 59.0 Å². The van der Waals surface area contributed by atoms with Crippen molar-refractivity contribution in [1.82, 2.24) is 25.0 Å². The second-order valence-corrected chi connectivity index (χ2v) is 9.06. The predicted molar refractivity (Wildman–Crippen MR) is 131 cm³/mol. The SMILES string of the molecule is CCCn1nc2c(N)nc3ccccc3c2c1NCCC1CCN(C(=O)NC(C)C)CC1. The minimum Gasteiger partial charge on any atom is -0.382 e. The number of carbonyl (C=O) groups is 1. The largest absolute Gasteiger partial charge is 0.382 e. The molecule has 2 amide bonds. The summed E-state index contributed by atoms with van der Waals surface area (Å²) in [6.45, 7) is 9.49. The van der Waals surface area contributed by atoms with E-state index in [1.807, 2.05) is 41.6 Å². The predicted octanol–water partition coefficient (Wildman–Crippen LogP) is 4.21. The van der Waals surface area contributed by atoms with Gasteiger partial charge in [0.25, 0.3) is 0 Å². The number of amides is 2. The van der Waals surface area contributed by atoms with Crippen LogP contribution in [0.3, 0.4) is 0 Å². The number of para-hydroxylation sites is 1. The summed E-state index contributed by atoms with van der Waals surface area (Å²) in [6.07, 6.45) is 4.14. The third kappa shape index (κ3) is 4.59. The minimum absolute atomic E-state index is 0.0598. The summed E-state index contributed by atoms with van der Waals surface area (Å²) in [5, 5.41) is 13.6. The van der Waals surface area contributed by atoms with Crippen LogP contribution in [0, 0.1) is 5.92 Å². The summed E-state index contributed by atoms with van der Waals surface area (Å²) in [7, 11) is 0. The lowest BCUT2D eigenvalue weighted by Gasteiger charge is -2.32. The third-order valence-corrected chi connectivity index (χ3v) is 6.20. The van der Waals surface area contributed by atoms with Crippen molar-refractivity contribution in [2.75, 3.05) is 30.7 Å². The van der Waals surface area contributed by atoms with Crippen molar-refractivity contribution in [3.63, 3.8) is 0 Å². The van der Waals surface area contributed by atoms with Gasteiger partial charge in [0.2, 0.25) is 0 Å². The maximum atomic E-state index is 12.2. The topological polar surface area (TPSA) is 101 Å². The number of urea groups is 1. The number of hydrogen-bond donors (Lipinski definition) is 3. The van der Waals surface area contributed by atoms with Crippen LogP contribution < -0.4 is 16.4 Å². The lowest BCUT2D eigenvalue weighted by molar-refractivity contribution is 0.167. The zero-order valence-corrected chi connectivity index (χ0v) is 19.4. The number of benzene rings is 1. The first-order chi connectivity index (χ1) is 15.5. The molecule has 4 rings (SSSR count). The van der Waals surface area contributed by atoms with Crippen LogP contribution in [0.1, 0.15) is 46.5 Å². The Morgan fingerprint density at radius 1 is 1.25 bits per heavy atom. The molecule has 3 heterocycles. The van der Waals surface area contributed by atoms with E-state index < -0.39 is 0 Å². The van der Waals surface area contributed by atoms with Gasteiger partial charge in [0.05, 0.1) is 10.9 Å². The van der Waals surface area contributed by atoms with E-state index in [1.54, 1.807) is 0 Å². The highest BCUT2D eigenvalue weighted by Gasteiger charge is 2.23. The minimum atomic E-state index is 0.0598. The molecule has 1 aromatic carbocycles. The first kappa shape index (κ1) is 22.2. The summed E-state index contributed by atoms with van der Waals surface area (Å²) < 4.78 is 2.04. The van der Waals surface area contributed by atoms with Crippen molar-refractivity contribution in [3.8, 4) is 0 Å². The van der Waals surface area contributed by atoms with Gasteiger partial charge in [0.1, 0.15) is 11.3 Å². The Bertz CT molecular complexity index is 1080. The number of aromatic nitrogens is 3. The molecule has 0 spiro atoms. The molecule has 32 heavy (non-hydrogen) atoms. The van der Waals surface area contributed by atoms with Crippen molar-refractivity contribution in [1.29, 1.82) is 0 Å². The number of carbonyl (C=O) groups excluding carboxylic acids is 1. The number of aryl methyl sites for hydroxylation is 1. The number of piperidine rings is 1. The smallest absolute Gasteiger partial charge is 0.317 e. The normalized spacial score (nSPS) is 15.1. The number of nitrogens with one attached hydrogen (secondary N) is 2. The number of anilines is 2. The summed E-state index contributed by atoms with van der Waals surface area (Å²) in [5.41, 5.74) is 7.92. The van der Waals surface area contributed by atoms with Crippen molar-refractivity contribution in [2.24, 2.45) is 5.92 Å². The fraction of sp³-hybridized carbons (Fsp3) is 0.542. The maximum absolute atomic E-state index is 12.2. The fourth-order valence-electron chi connectivity index (χ4n) is 4.57. The molecule has 1 fully saturated rings. The number of nitrogens with zero attached hydrogens (tertiary/aromatic N) is 4. The van der Waals surface area contributed by atoms with Crippen molar-refractivity contribution < 1.29 is 4.79 Å². The van der Waals surface area contributed by atoms with E-state index in [1.165, 1.54) is 0 Å². The Kier molecular flexibility index (Phi) is 6.67. The molecule has 2 aromatic heterocycles. The maximum Gasteiger partial charge on any atom is 0.317 e. The average Bonchev–Trinajstić information content (AvgIpc) is 3.13. The number of hydrogen-bond acceptors (Lipinski definition) is 5. The van der Waals surface area contributed by atoms with Gasteiger partial charge in [-0.15, -0.1) is 0 Å². The molecule has 8 heteroatoms. The summed E-state index contributed by atoms with van der Waals surface area (Å²) in [6, 6.07) is 8.33. The molecule has 1 saturated heterocycles. The van der Waals surface area contributed by atoms with E-state index in [4.69, 9.17) is 10.8 Å². The second kappa shape index (κ2) is 9.63. The fourth-order valence-corrected chi connectivity index (χ4v) is 4.57. The van der Waals surface area contributed by atoms with Crippen LogP contribution in [0.25, 0.3) is 21.8 Å². The molecule has 1 aliphatic heterocycles. The standard InChI is InChI=1S/C24H35N7O/c1-4-13-31-23(20-18-7-5-6-8-19(18)28-22(25)21(20)29-31)26-12-9-17-10-14-30(15-11-17)24(32)27-16(2)3/h5-8,16-17,26H,4,9-15H2,1-3H3,(H2,25,28)(H,27,32). The van der Waals surface area contributed by atoms with Crippen LogP contribution in [-0.4, -0.2) is 51.4 Å². The quantitative estimate of drug-likeness (QED) is 0.514. The molecule has 0 aliphatic carbocycles. The summed E-state index contributed by atoms with van der Waals surface area (Å²) >= 11 is 0. The van der Waals surface area contributed by atoms with E-state index in [0.29, 0.717) is 11.7 Å². The zero-order valence-electron chi connectivity index (χ0n) is 19.4. The van der Waals surface area contributed by atoms with Crippen LogP contribution in [-0.2, 0) is 6.54 Å². The van der Waals surface area contributed by atoms with E-state index in [-0.39, 0.29) is 12.1 Å². The lowest BCUT2D eigenvalue weighted by Crippen LogP contribution is -2.46. The van der Waals surface area contributed by atoms with Gasteiger partial charge in [0, 0.05) is 37.6 Å². The van der Waals surface area contributed by atoms with Gasteiger partial charge in [-0.3, -0.25) is 0 Å². The molecule has 1 aliphatic rings. The Balaban J connectivity index is 1.46. The van der Waals surface area contributed by atoms with Crippen LogP contribution in [0.5, 0.6) is 0 Å². The monoisotopic (exact) mass is 437 g/mol.